The van der Waals surface area contributed by atoms with Gasteiger partial charge in [-0.15, -0.1) is 0 Å². The van der Waals surface area contributed by atoms with Gasteiger partial charge in [0, 0.05) is 5.41 Å². The zero-order valence-electron chi connectivity index (χ0n) is 8.50. The van der Waals surface area contributed by atoms with E-state index in [2.05, 4.69) is 35.7 Å². The molecule has 1 aromatic heterocycles. The van der Waals surface area contributed by atoms with E-state index in [1.165, 1.54) is 12.7 Å². The number of nitrogens with zero attached hydrogens (tertiary/aromatic N) is 3. The fraction of sp³-hybridized carbons (Fsp3) is 0.571. The second-order valence-electron chi connectivity index (χ2n) is 3.21. The van der Waals surface area contributed by atoms with E-state index in [1.54, 1.807) is 0 Å². The van der Waals surface area contributed by atoms with Crippen LogP contribution < -0.4 is 18.9 Å². The van der Waals surface area contributed by atoms with E-state index in [0.717, 1.165) is 5.82 Å². The van der Waals surface area contributed by atoms with Crippen molar-refractivity contribution in [2.45, 2.75) is 26.2 Å². The molecule has 0 aromatic carbocycles. The standard InChI is InChI=1S/C7H11N3.Li.H/c1-7(2,3)6-9-4-8-5-10-6;;/h4-5H,1-3H3;;/q;+1;-1. The van der Waals surface area contributed by atoms with Gasteiger partial charge in [0.2, 0.25) is 0 Å². The van der Waals surface area contributed by atoms with Crippen molar-refractivity contribution >= 4 is 0 Å². The van der Waals surface area contributed by atoms with Gasteiger partial charge in [-0.1, -0.05) is 20.8 Å². The predicted octanol–water partition coefficient (Wildman–Crippen LogP) is -1.71. The van der Waals surface area contributed by atoms with E-state index in [1.807, 2.05) is 0 Å². The number of hydrogen-bond acceptors (Lipinski definition) is 3. The molecule has 0 radical (unpaired) electrons. The van der Waals surface area contributed by atoms with E-state index >= 15 is 0 Å². The van der Waals surface area contributed by atoms with E-state index in [-0.39, 0.29) is 25.7 Å². The van der Waals surface area contributed by atoms with E-state index in [4.69, 9.17) is 0 Å². The summed E-state index contributed by atoms with van der Waals surface area (Å²) in [5.74, 6) is 0.836. The smallest absolute Gasteiger partial charge is 1.00 e. The van der Waals surface area contributed by atoms with Crippen LogP contribution in [0, 0.1) is 0 Å². The second-order valence-corrected chi connectivity index (χ2v) is 3.21. The molecule has 1 aromatic rings. The Morgan fingerprint density at radius 2 is 1.64 bits per heavy atom. The SMILES string of the molecule is CC(C)(C)c1ncncn1.[H-].[Li+]. The Morgan fingerprint density at radius 3 is 1.91 bits per heavy atom. The van der Waals surface area contributed by atoms with Crippen molar-refractivity contribution in [1.29, 1.82) is 0 Å². The van der Waals surface area contributed by atoms with Crippen LogP contribution >= 0.6 is 0 Å². The molecular weight excluding hydrogens is 133 g/mol. The first kappa shape index (κ1) is 10.6. The van der Waals surface area contributed by atoms with Crippen LogP contribution in [0.5, 0.6) is 0 Å². The minimum atomic E-state index is 0. The Bertz CT molecular complexity index is 210. The van der Waals surface area contributed by atoms with E-state index in [0.29, 0.717) is 0 Å². The molecule has 0 aliphatic carbocycles. The Hall–Kier alpha value is -0.393. The molecule has 0 unspecified atom stereocenters. The van der Waals surface area contributed by atoms with Crippen molar-refractivity contribution in [1.82, 2.24) is 15.0 Å². The average molecular weight is 145 g/mol. The van der Waals surface area contributed by atoms with Crippen LogP contribution in [0.2, 0.25) is 0 Å². The molecule has 3 nitrogen and oxygen atoms in total. The van der Waals surface area contributed by atoms with Crippen molar-refractivity contribution in [2.75, 3.05) is 0 Å². The molecule has 4 heteroatoms. The molecule has 56 valence electrons. The first-order valence-corrected chi connectivity index (χ1v) is 3.23. The monoisotopic (exact) mass is 145 g/mol. The average Bonchev–Trinajstić information content (AvgIpc) is 1.88. The summed E-state index contributed by atoms with van der Waals surface area (Å²) in [6.45, 7) is 6.22. The van der Waals surface area contributed by atoms with Gasteiger partial charge in [-0.05, 0) is 0 Å². The van der Waals surface area contributed by atoms with Gasteiger partial charge in [0.05, 0.1) is 0 Å². The molecule has 0 aliphatic heterocycles. The quantitative estimate of drug-likeness (QED) is 0.408. The molecule has 0 fully saturated rings. The molecule has 0 saturated heterocycles. The molecule has 0 aliphatic rings. The van der Waals surface area contributed by atoms with Crippen LogP contribution in [0.3, 0.4) is 0 Å². The van der Waals surface area contributed by atoms with Gasteiger partial charge in [-0.3, -0.25) is 0 Å². The largest absolute Gasteiger partial charge is 1.00 e. The van der Waals surface area contributed by atoms with E-state index < -0.39 is 0 Å². The van der Waals surface area contributed by atoms with Gasteiger partial charge in [0.15, 0.2) is 0 Å². The maximum atomic E-state index is 4.03. The van der Waals surface area contributed by atoms with Crippen molar-refractivity contribution < 1.29 is 20.3 Å². The molecule has 1 rings (SSSR count). The Labute approximate surface area is 80.3 Å². The van der Waals surface area contributed by atoms with Crippen LogP contribution in [0.15, 0.2) is 12.7 Å². The van der Waals surface area contributed by atoms with Gasteiger partial charge < -0.3 is 1.43 Å². The van der Waals surface area contributed by atoms with Crippen LogP contribution in [0.4, 0.5) is 0 Å². The Morgan fingerprint density at radius 1 is 1.18 bits per heavy atom. The summed E-state index contributed by atoms with van der Waals surface area (Å²) < 4.78 is 0. The van der Waals surface area contributed by atoms with E-state index in [9.17, 15) is 0 Å². The number of aromatic nitrogens is 3. The van der Waals surface area contributed by atoms with Gasteiger partial charge in [0.1, 0.15) is 18.5 Å². The zero-order chi connectivity index (χ0) is 7.61. The summed E-state index contributed by atoms with van der Waals surface area (Å²) in [6.07, 6.45) is 3.04. The summed E-state index contributed by atoms with van der Waals surface area (Å²) in [4.78, 5) is 11.8. The van der Waals surface area contributed by atoms with Gasteiger partial charge in [-0.2, -0.15) is 0 Å². The zero-order valence-corrected chi connectivity index (χ0v) is 7.50. The topological polar surface area (TPSA) is 38.7 Å². The molecule has 1 heterocycles. The fourth-order valence-corrected chi connectivity index (χ4v) is 0.626. The molecule has 11 heavy (non-hydrogen) atoms. The first-order valence-electron chi connectivity index (χ1n) is 3.23. The fourth-order valence-electron chi connectivity index (χ4n) is 0.626. The first-order chi connectivity index (χ1) is 4.61. The summed E-state index contributed by atoms with van der Waals surface area (Å²) >= 11 is 0. The number of rotatable bonds is 0. The molecule has 0 saturated carbocycles. The minimum Gasteiger partial charge on any atom is -1.00 e. The molecular formula is C7H12LiN3. The molecule has 0 amide bonds. The Kier molecular flexibility index (Phi) is 3.71. The third-order valence-electron chi connectivity index (χ3n) is 1.16. The third-order valence-corrected chi connectivity index (χ3v) is 1.16. The normalized spacial score (nSPS) is 10.5. The summed E-state index contributed by atoms with van der Waals surface area (Å²) in [5, 5.41) is 0. The van der Waals surface area contributed by atoms with Crippen molar-refractivity contribution in [2.24, 2.45) is 0 Å². The van der Waals surface area contributed by atoms with Crippen LogP contribution in [0.25, 0.3) is 0 Å². The third kappa shape index (κ3) is 3.00. The molecule has 0 atom stereocenters. The van der Waals surface area contributed by atoms with Crippen molar-refractivity contribution in [3.05, 3.63) is 18.5 Å². The van der Waals surface area contributed by atoms with Crippen molar-refractivity contribution in [3.8, 4) is 0 Å². The maximum Gasteiger partial charge on any atom is 1.00 e. The number of hydrogen-bond donors (Lipinski definition) is 0. The van der Waals surface area contributed by atoms with Gasteiger partial charge >= 0.3 is 18.9 Å². The summed E-state index contributed by atoms with van der Waals surface area (Å²) in [5.41, 5.74) is 0.0307. The van der Waals surface area contributed by atoms with Crippen LogP contribution in [0.1, 0.15) is 28.0 Å². The van der Waals surface area contributed by atoms with Crippen LogP contribution in [-0.2, 0) is 5.41 Å². The van der Waals surface area contributed by atoms with Crippen molar-refractivity contribution in [3.63, 3.8) is 0 Å². The maximum absolute atomic E-state index is 4.03. The minimum absolute atomic E-state index is 0. The van der Waals surface area contributed by atoms with Crippen LogP contribution in [-0.4, -0.2) is 15.0 Å². The van der Waals surface area contributed by atoms with Gasteiger partial charge in [-0.25, -0.2) is 15.0 Å². The summed E-state index contributed by atoms with van der Waals surface area (Å²) in [7, 11) is 0. The Balaban J connectivity index is 0. The summed E-state index contributed by atoms with van der Waals surface area (Å²) in [6, 6.07) is 0. The predicted molar refractivity (Wildman–Crippen MR) is 39.6 cm³/mol. The second kappa shape index (κ2) is 3.84. The molecule has 0 N–H and O–H groups in total. The molecule has 0 bridgehead atoms. The van der Waals surface area contributed by atoms with Gasteiger partial charge in [0.25, 0.3) is 0 Å². The molecule has 0 spiro atoms.